The Balaban J connectivity index is 1.53. The Labute approximate surface area is 137 Å². The molecule has 7 nitrogen and oxygen atoms in total. The number of nitrogens with one attached hydrogen (secondary N) is 1. The molecular weight excluding hydrogens is 306 g/mol. The number of amides is 1. The van der Waals surface area contributed by atoms with Gasteiger partial charge in [-0.05, 0) is 37.5 Å². The number of carbonyl (C=O) groups excluding carboxylic acids is 1. The number of hydrogen-bond acceptors (Lipinski definition) is 4. The number of fused-ring (bicyclic) bond motifs is 1. The molecule has 4 rings (SSSR count). The minimum Gasteiger partial charge on any atom is -0.345 e. The molecule has 2 heterocycles. The van der Waals surface area contributed by atoms with Gasteiger partial charge in [-0.1, -0.05) is 29.8 Å². The number of hydrogen-bond donors (Lipinski definition) is 1. The Hall–Kier alpha value is -2.96. The van der Waals surface area contributed by atoms with Gasteiger partial charge in [0.05, 0.1) is 5.54 Å². The monoisotopic (exact) mass is 323 g/mol. The maximum Gasteiger partial charge on any atom is 0.367 e. The van der Waals surface area contributed by atoms with Crippen LogP contribution in [-0.2, 0) is 16.9 Å². The third-order valence-corrected chi connectivity index (χ3v) is 4.38. The number of carbonyl (C=O) groups is 1. The van der Waals surface area contributed by atoms with Gasteiger partial charge in [-0.2, -0.15) is 9.61 Å². The standard InChI is InChI=1S/C17H17N5O2/c1-12-4-6-13(7-5-12)17(8-9-17)19-15(23)11-21-16(24)22-14(20-21)3-2-10-18-22/h2-7,10H,8-9,11H2,1H3,(H,19,23). The molecule has 0 aliphatic heterocycles. The first-order valence-corrected chi connectivity index (χ1v) is 7.86. The molecule has 24 heavy (non-hydrogen) atoms. The maximum atomic E-state index is 12.4. The van der Waals surface area contributed by atoms with Gasteiger partial charge in [-0.15, -0.1) is 5.10 Å². The normalized spacial score (nSPS) is 15.4. The number of aromatic nitrogens is 4. The van der Waals surface area contributed by atoms with Crippen molar-refractivity contribution in [2.45, 2.75) is 31.8 Å². The van der Waals surface area contributed by atoms with E-state index in [0.29, 0.717) is 5.65 Å². The molecular formula is C17H17N5O2. The Kier molecular flexibility index (Phi) is 3.23. The number of benzene rings is 1. The summed E-state index contributed by atoms with van der Waals surface area (Å²) < 4.78 is 2.32. The van der Waals surface area contributed by atoms with Crippen LogP contribution in [0.2, 0.25) is 0 Å². The van der Waals surface area contributed by atoms with Gasteiger partial charge in [-0.25, -0.2) is 9.48 Å². The van der Waals surface area contributed by atoms with E-state index in [1.165, 1.54) is 16.3 Å². The summed E-state index contributed by atoms with van der Waals surface area (Å²) in [5.74, 6) is -0.224. The van der Waals surface area contributed by atoms with Crippen molar-refractivity contribution in [3.8, 4) is 0 Å². The topological polar surface area (TPSA) is 81.3 Å². The molecule has 1 saturated carbocycles. The van der Waals surface area contributed by atoms with E-state index in [4.69, 9.17) is 0 Å². The smallest absolute Gasteiger partial charge is 0.345 e. The van der Waals surface area contributed by atoms with E-state index in [2.05, 4.69) is 15.5 Å². The van der Waals surface area contributed by atoms with E-state index < -0.39 is 5.69 Å². The third-order valence-electron chi connectivity index (χ3n) is 4.38. The summed E-state index contributed by atoms with van der Waals surface area (Å²) in [4.78, 5) is 24.6. The van der Waals surface area contributed by atoms with E-state index in [0.717, 1.165) is 23.1 Å². The van der Waals surface area contributed by atoms with Crippen molar-refractivity contribution < 1.29 is 4.79 Å². The van der Waals surface area contributed by atoms with Crippen LogP contribution in [0.4, 0.5) is 0 Å². The molecule has 3 aromatic rings. The summed E-state index contributed by atoms with van der Waals surface area (Å²) >= 11 is 0. The molecule has 1 aliphatic rings. The molecule has 1 aromatic carbocycles. The van der Waals surface area contributed by atoms with Crippen molar-refractivity contribution >= 4 is 11.6 Å². The molecule has 0 unspecified atom stereocenters. The molecule has 0 atom stereocenters. The summed E-state index contributed by atoms with van der Waals surface area (Å²) in [5.41, 5.74) is 2.00. The number of aryl methyl sites for hydroxylation is 1. The Morgan fingerprint density at radius 1 is 1.25 bits per heavy atom. The summed E-state index contributed by atoms with van der Waals surface area (Å²) in [6, 6.07) is 11.5. The van der Waals surface area contributed by atoms with Gasteiger partial charge in [0.1, 0.15) is 6.54 Å². The van der Waals surface area contributed by atoms with Crippen molar-refractivity contribution in [2.75, 3.05) is 0 Å². The molecule has 1 amide bonds. The zero-order valence-corrected chi connectivity index (χ0v) is 13.3. The fourth-order valence-corrected chi connectivity index (χ4v) is 2.89. The lowest BCUT2D eigenvalue weighted by Crippen LogP contribution is -2.39. The van der Waals surface area contributed by atoms with Gasteiger partial charge in [0.2, 0.25) is 5.91 Å². The second-order valence-corrected chi connectivity index (χ2v) is 6.23. The summed E-state index contributed by atoms with van der Waals surface area (Å²) in [6.45, 7) is 1.92. The molecule has 1 N–H and O–H groups in total. The van der Waals surface area contributed by atoms with E-state index >= 15 is 0 Å². The van der Waals surface area contributed by atoms with Crippen LogP contribution in [0.1, 0.15) is 24.0 Å². The zero-order chi connectivity index (χ0) is 16.7. The van der Waals surface area contributed by atoms with E-state index in [1.54, 1.807) is 12.1 Å². The van der Waals surface area contributed by atoms with Gasteiger partial charge in [-0.3, -0.25) is 4.79 Å². The summed E-state index contributed by atoms with van der Waals surface area (Å²) in [5, 5.41) is 11.1. The highest BCUT2D eigenvalue weighted by Crippen LogP contribution is 2.45. The zero-order valence-electron chi connectivity index (χ0n) is 13.3. The van der Waals surface area contributed by atoms with Crippen LogP contribution in [-0.4, -0.2) is 25.3 Å². The van der Waals surface area contributed by atoms with Crippen LogP contribution in [0.3, 0.4) is 0 Å². The molecule has 0 spiro atoms. The second kappa shape index (κ2) is 5.30. The minimum absolute atomic E-state index is 0.115. The van der Waals surface area contributed by atoms with Crippen molar-refractivity contribution in [3.63, 3.8) is 0 Å². The molecule has 1 aliphatic carbocycles. The lowest BCUT2D eigenvalue weighted by Gasteiger charge is -2.18. The summed E-state index contributed by atoms with van der Waals surface area (Å²) in [7, 11) is 0. The van der Waals surface area contributed by atoms with Crippen molar-refractivity contribution in [3.05, 3.63) is 64.2 Å². The van der Waals surface area contributed by atoms with E-state index in [9.17, 15) is 9.59 Å². The van der Waals surface area contributed by atoms with Gasteiger partial charge in [0.15, 0.2) is 5.65 Å². The highest BCUT2D eigenvalue weighted by molar-refractivity contribution is 5.77. The van der Waals surface area contributed by atoms with Gasteiger partial charge >= 0.3 is 5.69 Å². The first-order valence-electron chi connectivity index (χ1n) is 7.86. The largest absolute Gasteiger partial charge is 0.367 e. The average molecular weight is 323 g/mol. The molecule has 122 valence electrons. The van der Waals surface area contributed by atoms with Gasteiger partial charge in [0, 0.05) is 6.20 Å². The quantitative estimate of drug-likeness (QED) is 0.777. The van der Waals surface area contributed by atoms with Crippen LogP contribution < -0.4 is 11.0 Å². The highest BCUT2D eigenvalue weighted by Gasteiger charge is 2.45. The number of rotatable bonds is 4. The summed E-state index contributed by atoms with van der Waals surface area (Å²) in [6.07, 6.45) is 3.32. The molecule has 0 radical (unpaired) electrons. The highest BCUT2D eigenvalue weighted by atomic mass is 16.2. The van der Waals surface area contributed by atoms with Crippen molar-refractivity contribution in [2.24, 2.45) is 0 Å². The third kappa shape index (κ3) is 2.47. The van der Waals surface area contributed by atoms with E-state index in [-0.39, 0.29) is 18.0 Å². The molecule has 7 heteroatoms. The second-order valence-electron chi connectivity index (χ2n) is 6.23. The minimum atomic E-state index is -0.416. The lowest BCUT2D eigenvalue weighted by atomic mass is 10.0. The molecule has 1 fully saturated rings. The predicted octanol–water partition coefficient (Wildman–Crippen LogP) is 1.00. The van der Waals surface area contributed by atoms with Crippen LogP contribution in [0.5, 0.6) is 0 Å². The van der Waals surface area contributed by atoms with Crippen molar-refractivity contribution in [1.82, 2.24) is 24.7 Å². The van der Waals surface area contributed by atoms with Crippen LogP contribution in [0.25, 0.3) is 5.65 Å². The Bertz CT molecular complexity index is 967. The van der Waals surface area contributed by atoms with Crippen LogP contribution in [0, 0.1) is 6.92 Å². The fourth-order valence-electron chi connectivity index (χ4n) is 2.89. The van der Waals surface area contributed by atoms with E-state index in [1.807, 2.05) is 31.2 Å². The first kappa shape index (κ1) is 14.6. The van der Waals surface area contributed by atoms with Gasteiger partial charge in [0.25, 0.3) is 0 Å². The average Bonchev–Trinajstić information content (AvgIpc) is 3.28. The maximum absolute atomic E-state index is 12.4. The van der Waals surface area contributed by atoms with Crippen molar-refractivity contribution in [1.29, 1.82) is 0 Å². The van der Waals surface area contributed by atoms with Crippen LogP contribution in [0.15, 0.2) is 47.4 Å². The molecule has 0 bridgehead atoms. The molecule has 0 saturated heterocycles. The number of nitrogens with zero attached hydrogens (tertiary/aromatic N) is 4. The van der Waals surface area contributed by atoms with Crippen LogP contribution >= 0.6 is 0 Å². The lowest BCUT2D eigenvalue weighted by molar-refractivity contribution is -0.123. The SMILES string of the molecule is Cc1ccc(C2(NC(=O)Cn3nc4cccnn4c3=O)CC2)cc1. The molecule has 2 aromatic heterocycles. The fraction of sp³-hybridized carbons (Fsp3) is 0.294. The predicted molar refractivity (Wildman–Crippen MR) is 87.5 cm³/mol. The van der Waals surface area contributed by atoms with Gasteiger partial charge < -0.3 is 5.32 Å². The first-order chi connectivity index (χ1) is 11.6. The Morgan fingerprint density at radius 2 is 2.00 bits per heavy atom. The Morgan fingerprint density at radius 3 is 2.67 bits per heavy atom.